The Balaban J connectivity index is 0.000000810. The van der Waals surface area contributed by atoms with E-state index in [4.69, 9.17) is 5.11 Å². The van der Waals surface area contributed by atoms with Crippen molar-refractivity contribution in [2.45, 2.75) is 6.54 Å². The third kappa shape index (κ3) is 2.64. The fourth-order valence-electron chi connectivity index (χ4n) is 0.482. The lowest BCUT2D eigenvalue weighted by Gasteiger charge is -1.91. The van der Waals surface area contributed by atoms with Gasteiger partial charge in [-0.1, -0.05) is 0 Å². The molecule has 0 spiro atoms. The van der Waals surface area contributed by atoms with Crippen LogP contribution in [0.5, 0.6) is 0 Å². The second-order valence-corrected chi connectivity index (χ2v) is 2.21. The molecular weight excluding hydrogens is 221 g/mol. The maximum Gasteiger partial charge on any atom is 0.217 e. The molecular formula is C4H7BrClN3O. The maximum atomic E-state index is 8.43. The number of aromatic nitrogens is 3. The first-order valence-electron chi connectivity index (χ1n) is 2.49. The topological polar surface area (TPSA) is 50.9 Å². The van der Waals surface area contributed by atoms with Gasteiger partial charge in [0.1, 0.15) is 6.33 Å². The first kappa shape index (κ1) is 9.87. The second-order valence-electron chi connectivity index (χ2n) is 1.50. The first-order valence-corrected chi connectivity index (χ1v) is 3.28. The molecule has 0 unspecified atom stereocenters. The molecule has 1 N–H and O–H groups in total. The molecule has 0 aliphatic carbocycles. The molecule has 0 fully saturated rings. The van der Waals surface area contributed by atoms with Crippen LogP contribution in [0.25, 0.3) is 0 Å². The van der Waals surface area contributed by atoms with Gasteiger partial charge < -0.3 is 5.11 Å². The van der Waals surface area contributed by atoms with E-state index in [1.807, 2.05) is 0 Å². The molecule has 10 heavy (non-hydrogen) atoms. The zero-order valence-corrected chi connectivity index (χ0v) is 7.47. The van der Waals surface area contributed by atoms with Crippen LogP contribution in [0.2, 0.25) is 0 Å². The van der Waals surface area contributed by atoms with Crippen LogP contribution in [0.1, 0.15) is 0 Å². The molecule has 1 heterocycles. The number of hydrogen-bond acceptors (Lipinski definition) is 3. The van der Waals surface area contributed by atoms with Crippen LogP contribution < -0.4 is 0 Å². The fraction of sp³-hybridized carbons (Fsp3) is 0.500. The van der Waals surface area contributed by atoms with Crippen LogP contribution >= 0.6 is 28.3 Å². The SMILES string of the molecule is Cl.OCCn1cnc(Br)n1. The average molecular weight is 228 g/mol. The lowest BCUT2D eigenvalue weighted by Crippen LogP contribution is -2.01. The summed E-state index contributed by atoms with van der Waals surface area (Å²) in [5.41, 5.74) is 0. The first-order chi connectivity index (χ1) is 4.33. The van der Waals surface area contributed by atoms with Crippen molar-refractivity contribution in [2.24, 2.45) is 0 Å². The zero-order valence-electron chi connectivity index (χ0n) is 5.07. The number of hydrogen-bond donors (Lipinski definition) is 1. The van der Waals surface area contributed by atoms with Gasteiger partial charge >= 0.3 is 0 Å². The predicted octanol–water partition coefficient (Wildman–Crippen LogP) is 0.455. The summed E-state index contributed by atoms with van der Waals surface area (Å²) in [6.45, 7) is 0.592. The van der Waals surface area contributed by atoms with Crippen molar-refractivity contribution in [3.63, 3.8) is 0 Å². The minimum atomic E-state index is 0. The highest BCUT2D eigenvalue weighted by atomic mass is 79.9. The van der Waals surface area contributed by atoms with E-state index >= 15 is 0 Å². The summed E-state index contributed by atoms with van der Waals surface area (Å²) in [5, 5.41) is 12.3. The molecule has 58 valence electrons. The van der Waals surface area contributed by atoms with Gasteiger partial charge in [-0.15, -0.1) is 17.5 Å². The third-order valence-electron chi connectivity index (χ3n) is 0.838. The highest BCUT2D eigenvalue weighted by Gasteiger charge is 1.92. The van der Waals surface area contributed by atoms with E-state index in [0.29, 0.717) is 11.3 Å². The van der Waals surface area contributed by atoms with Gasteiger partial charge in [0.05, 0.1) is 13.2 Å². The molecule has 4 nitrogen and oxygen atoms in total. The maximum absolute atomic E-state index is 8.43. The molecule has 0 aromatic carbocycles. The van der Waals surface area contributed by atoms with Crippen LogP contribution in [0.4, 0.5) is 0 Å². The number of halogens is 2. The van der Waals surface area contributed by atoms with Crippen molar-refractivity contribution in [3.05, 3.63) is 11.1 Å². The molecule has 1 aromatic heterocycles. The van der Waals surface area contributed by atoms with Crippen molar-refractivity contribution in [3.8, 4) is 0 Å². The Morgan fingerprint density at radius 3 is 2.80 bits per heavy atom. The van der Waals surface area contributed by atoms with Gasteiger partial charge in [-0.3, -0.25) is 0 Å². The summed E-state index contributed by atoms with van der Waals surface area (Å²) in [6, 6.07) is 0. The molecule has 0 bridgehead atoms. The third-order valence-corrected chi connectivity index (χ3v) is 1.20. The van der Waals surface area contributed by atoms with E-state index in [2.05, 4.69) is 26.0 Å². The summed E-state index contributed by atoms with van der Waals surface area (Å²) in [7, 11) is 0. The number of aliphatic hydroxyl groups excluding tert-OH is 1. The van der Waals surface area contributed by atoms with Crippen molar-refractivity contribution in [1.29, 1.82) is 0 Å². The van der Waals surface area contributed by atoms with Gasteiger partial charge in [0.15, 0.2) is 0 Å². The van der Waals surface area contributed by atoms with Crippen LogP contribution in [0, 0.1) is 0 Å². The van der Waals surface area contributed by atoms with Crippen molar-refractivity contribution in [2.75, 3.05) is 6.61 Å². The monoisotopic (exact) mass is 227 g/mol. The van der Waals surface area contributed by atoms with E-state index in [-0.39, 0.29) is 19.0 Å². The highest BCUT2D eigenvalue weighted by Crippen LogP contribution is 1.97. The molecule has 0 saturated carbocycles. The lowest BCUT2D eigenvalue weighted by molar-refractivity contribution is 0.269. The van der Waals surface area contributed by atoms with Gasteiger partial charge in [-0.2, -0.15) is 0 Å². The van der Waals surface area contributed by atoms with Crippen LogP contribution in [-0.2, 0) is 6.54 Å². The van der Waals surface area contributed by atoms with Crippen molar-refractivity contribution < 1.29 is 5.11 Å². The molecule has 1 aromatic rings. The molecule has 6 heteroatoms. The Bertz CT molecular complexity index is 192. The smallest absolute Gasteiger partial charge is 0.217 e. The Hall–Kier alpha value is -0.130. The summed E-state index contributed by atoms with van der Waals surface area (Å²) >= 11 is 3.08. The summed E-state index contributed by atoms with van der Waals surface area (Å²) < 4.78 is 2.11. The second kappa shape index (κ2) is 4.65. The van der Waals surface area contributed by atoms with Crippen molar-refractivity contribution >= 4 is 28.3 Å². The summed E-state index contributed by atoms with van der Waals surface area (Å²) in [4.78, 5) is 3.79. The molecule has 0 atom stereocenters. The summed E-state index contributed by atoms with van der Waals surface area (Å²) in [5.74, 6) is 0. The van der Waals surface area contributed by atoms with E-state index < -0.39 is 0 Å². The Morgan fingerprint density at radius 2 is 2.40 bits per heavy atom. The van der Waals surface area contributed by atoms with Crippen LogP contribution in [-0.4, -0.2) is 26.5 Å². The molecule has 0 saturated heterocycles. The lowest BCUT2D eigenvalue weighted by atomic mass is 10.7. The quantitative estimate of drug-likeness (QED) is 0.800. The van der Waals surface area contributed by atoms with Crippen LogP contribution in [0.3, 0.4) is 0 Å². The van der Waals surface area contributed by atoms with Gasteiger partial charge in [0.2, 0.25) is 4.73 Å². The number of rotatable bonds is 2. The normalized spacial score (nSPS) is 9.00. The largest absolute Gasteiger partial charge is 0.394 e. The van der Waals surface area contributed by atoms with Gasteiger partial charge in [-0.25, -0.2) is 9.67 Å². The van der Waals surface area contributed by atoms with E-state index in [9.17, 15) is 0 Å². The molecule has 0 amide bonds. The van der Waals surface area contributed by atoms with E-state index in [1.54, 1.807) is 11.0 Å². The highest BCUT2D eigenvalue weighted by molar-refractivity contribution is 9.10. The van der Waals surface area contributed by atoms with Crippen molar-refractivity contribution in [1.82, 2.24) is 14.8 Å². The van der Waals surface area contributed by atoms with Gasteiger partial charge in [0, 0.05) is 0 Å². The van der Waals surface area contributed by atoms with E-state index in [0.717, 1.165) is 0 Å². The van der Waals surface area contributed by atoms with Gasteiger partial charge in [-0.05, 0) is 15.9 Å². The molecule has 0 aliphatic rings. The zero-order chi connectivity index (χ0) is 6.69. The Kier molecular flexibility index (Phi) is 4.59. The minimum Gasteiger partial charge on any atom is -0.394 e. The Labute approximate surface area is 72.8 Å². The fourth-order valence-corrected chi connectivity index (χ4v) is 0.777. The number of nitrogens with zero attached hydrogens (tertiary/aromatic N) is 3. The molecule has 1 rings (SSSR count). The van der Waals surface area contributed by atoms with E-state index in [1.165, 1.54) is 0 Å². The predicted molar refractivity (Wildman–Crippen MR) is 42.1 cm³/mol. The molecule has 0 radical (unpaired) electrons. The summed E-state index contributed by atoms with van der Waals surface area (Å²) in [6.07, 6.45) is 1.56. The Morgan fingerprint density at radius 1 is 1.70 bits per heavy atom. The average Bonchev–Trinajstić information content (AvgIpc) is 2.17. The standard InChI is InChI=1S/C4H6BrN3O.ClH/c5-4-6-3-8(7-4)1-2-9;/h3,9H,1-2H2;1H. The van der Waals surface area contributed by atoms with Crippen LogP contribution in [0.15, 0.2) is 11.1 Å². The number of aliphatic hydroxyl groups is 1. The minimum absolute atomic E-state index is 0. The molecule has 0 aliphatic heterocycles. The van der Waals surface area contributed by atoms with Gasteiger partial charge in [0.25, 0.3) is 0 Å².